The van der Waals surface area contributed by atoms with Crippen molar-refractivity contribution < 1.29 is 23.5 Å². The number of likely N-dealkylation sites (tertiary alicyclic amines) is 1. The van der Waals surface area contributed by atoms with E-state index in [2.05, 4.69) is 25.5 Å². The van der Waals surface area contributed by atoms with E-state index in [1.54, 1.807) is 19.2 Å². The maximum Gasteiger partial charge on any atom is 0.270 e. The van der Waals surface area contributed by atoms with Gasteiger partial charge in [-0.25, -0.2) is 9.37 Å². The number of amides is 2. The van der Waals surface area contributed by atoms with Gasteiger partial charge in [-0.2, -0.15) is 0 Å². The number of methoxy groups -OCH3 is 1. The van der Waals surface area contributed by atoms with Crippen molar-refractivity contribution in [2.24, 2.45) is 0 Å². The van der Waals surface area contributed by atoms with Crippen molar-refractivity contribution in [1.29, 1.82) is 0 Å². The van der Waals surface area contributed by atoms with Gasteiger partial charge in [0.15, 0.2) is 18.2 Å². The normalized spacial score (nSPS) is 15.5. The molecule has 5 rings (SSSR count). The number of carbonyl (C=O) groups excluding carboxylic acids is 2. The molecule has 1 aromatic carbocycles. The Morgan fingerprint density at radius 1 is 1.24 bits per heavy atom. The van der Waals surface area contributed by atoms with Crippen LogP contribution in [0.15, 0.2) is 36.5 Å². The van der Waals surface area contributed by atoms with Crippen LogP contribution in [-0.2, 0) is 11.2 Å². The van der Waals surface area contributed by atoms with Crippen molar-refractivity contribution >= 4 is 53.3 Å². The van der Waals surface area contributed by atoms with Crippen LogP contribution in [0, 0.1) is 5.82 Å². The molecular formula is C25H28Cl2FN5O4. The van der Waals surface area contributed by atoms with Crippen LogP contribution in [0.3, 0.4) is 0 Å². The maximum atomic E-state index is 14.6. The molecule has 9 nitrogen and oxygen atoms in total. The third-order valence-corrected chi connectivity index (χ3v) is 6.44. The molecule has 3 aromatic rings. The zero-order valence-electron chi connectivity index (χ0n) is 20.2. The van der Waals surface area contributed by atoms with Crippen LogP contribution in [0.1, 0.15) is 28.9 Å². The lowest BCUT2D eigenvalue weighted by Crippen LogP contribution is -2.45. The topological polar surface area (TPSA) is 106 Å². The fourth-order valence-electron chi connectivity index (χ4n) is 4.50. The number of anilines is 1. The number of rotatable bonds is 6. The quantitative estimate of drug-likeness (QED) is 0.483. The first-order valence-electron chi connectivity index (χ1n) is 11.6. The second kappa shape index (κ2) is 12.4. The van der Waals surface area contributed by atoms with E-state index in [9.17, 15) is 14.0 Å². The molecule has 37 heavy (non-hydrogen) atoms. The molecule has 2 aliphatic rings. The molecule has 0 bridgehead atoms. The first kappa shape index (κ1) is 28.4. The fraction of sp³-hybridized carbons (Fsp3) is 0.360. The van der Waals surface area contributed by atoms with Crippen LogP contribution in [0.2, 0.25) is 0 Å². The van der Waals surface area contributed by atoms with Gasteiger partial charge in [-0.3, -0.25) is 14.6 Å². The van der Waals surface area contributed by atoms with Crippen molar-refractivity contribution in [1.82, 2.24) is 20.2 Å². The van der Waals surface area contributed by atoms with E-state index in [-0.39, 0.29) is 66.6 Å². The van der Waals surface area contributed by atoms with E-state index >= 15 is 0 Å². The number of aromatic nitrogens is 2. The summed E-state index contributed by atoms with van der Waals surface area (Å²) in [6, 6.07) is 8.73. The number of halogens is 3. The maximum absolute atomic E-state index is 14.6. The first-order valence-corrected chi connectivity index (χ1v) is 11.6. The summed E-state index contributed by atoms with van der Waals surface area (Å²) in [4.78, 5) is 34.9. The third-order valence-electron chi connectivity index (χ3n) is 6.44. The van der Waals surface area contributed by atoms with Gasteiger partial charge in [0, 0.05) is 36.6 Å². The molecule has 0 radical (unpaired) electrons. The Morgan fingerprint density at radius 3 is 2.78 bits per heavy atom. The van der Waals surface area contributed by atoms with Gasteiger partial charge in [0.25, 0.3) is 11.8 Å². The number of nitrogens with one attached hydrogen (secondary N) is 2. The third kappa shape index (κ3) is 6.38. The second-order valence-corrected chi connectivity index (χ2v) is 8.69. The van der Waals surface area contributed by atoms with Gasteiger partial charge in [0.1, 0.15) is 17.3 Å². The lowest BCUT2D eigenvalue weighted by molar-refractivity contribution is -0.118. The van der Waals surface area contributed by atoms with Crippen molar-refractivity contribution in [3.05, 3.63) is 53.6 Å². The summed E-state index contributed by atoms with van der Waals surface area (Å²) in [6.07, 6.45) is 3.40. The van der Waals surface area contributed by atoms with Crippen LogP contribution >= 0.6 is 24.8 Å². The average Bonchev–Trinajstić information content (AvgIpc) is 2.88. The highest BCUT2D eigenvalue weighted by molar-refractivity contribution is 5.97. The van der Waals surface area contributed by atoms with Crippen LogP contribution in [-0.4, -0.2) is 66.1 Å². The molecular weight excluding hydrogens is 524 g/mol. The molecule has 2 aliphatic heterocycles. The number of fused-ring (bicyclic) bond motifs is 2. The highest BCUT2D eigenvalue weighted by Crippen LogP contribution is 2.26. The molecule has 2 N–H and O–H groups in total. The minimum atomic E-state index is -0.313. The zero-order chi connectivity index (χ0) is 24.4. The summed E-state index contributed by atoms with van der Waals surface area (Å²) in [5.74, 6) is 0.487. The predicted octanol–water partition coefficient (Wildman–Crippen LogP) is 3.39. The molecule has 0 atom stereocenters. The summed E-state index contributed by atoms with van der Waals surface area (Å²) in [6.45, 7) is 2.23. The summed E-state index contributed by atoms with van der Waals surface area (Å²) >= 11 is 0. The largest absolute Gasteiger partial charge is 0.497 e. The smallest absolute Gasteiger partial charge is 0.270 e. The van der Waals surface area contributed by atoms with Crippen molar-refractivity contribution in [2.45, 2.75) is 25.3 Å². The van der Waals surface area contributed by atoms with Crippen molar-refractivity contribution in [3.8, 4) is 11.5 Å². The number of ether oxygens (including phenoxy) is 2. The van der Waals surface area contributed by atoms with E-state index in [1.165, 1.54) is 6.20 Å². The molecule has 0 aliphatic carbocycles. The Morgan fingerprint density at radius 2 is 2.03 bits per heavy atom. The minimum absolute atomic E-state index is 0. The highest BCUT2D eigenvalue weighted by atomic mass is 35.5. The number of hydrogen-bond acceptors (Lipinski definition) is 7. The minimum Gasteiger partial charge on any atom is -0.497 e. The zero-order valence-corrected chi connectivity index (χ0v) is 21.8. The van der Waals surface area contributed by atoms with Crippen LogP contribution in [0.4, 0.5) is 10.2 Å². The van der Waals surface area contributed by atoms with Crippen LogP contribution in [0.25, 0.3) is 10.9 Å². The van der Waals surface area contributed by atoms with Gasteiger partial charge >= 0.3 is 0 Å². The van der Waals surface area contributed by atoms with Gasteiger partial charge in [-0.15, -0.1) is 24.8 Å². The number of benzene rings is 1. The predicted molar refractivity (Wildman–Crippen MR) is 142 cm³/mol. The lowest BCUT2D eigenvalue weighted by atomic mass is 10.0. The lowest BCUT2D eigenvalue weighted by Gasteiger charge is -2.32. The Bertz CT molecular complexity index is 1290. The van der Waals surface area contributed by atoms with Crippen LogP contribution in [0.5, 0.6) is 11.5 Å². The molecule has 1 saturated heterocycles. The molecule has 2 aromatic heterocycles. The SMILES string of the molecule is COc1ccc2ncc(F)c(CCN3CCC(NC(=O)c4ccc5c(n4)NC(=O)CO5)CC3)c2c1.Cl.Cl. The molecule has 0 unspecified atom stereocenters. The van der Waals surface area contributed by atoms with Crippen molar-refractivity contribution in [3.63, 3.8) is 0 Å². The van der Waals surface area contributed by atoms with E-state index in [1.807, 2.05) is 18.2 Å². The summed E-state index contributed by atoms with van der Waals surface area (Å²) in [5, 5.41) is 6.41. The summed E-state index contributed by atoms with van der Waals surface area (Å²) in [5.41, 5.74) is 1.61. The van der Waals surface area contributed by atoms with Crippen LogP contribution < -0.4 is 20.1 Å². The second-order valence-electron chi connectivity index (χ2n) is 8.69. The Hall–Kier alpha value is -3.21. The van der Waals surface area contributed by atoms with E-state index < -0.39 is 0 Å². The summed E-state index contributed by atoms with van der Waals surface area (Å²) < 4.78 is 25.2. The first-order chi connectivity index (χ1) is 17.0. The van der Waals surface area contributed by atoms with E-state index in [4.69, 9.17) is 9.47 Å². The van der Waals surface area contributed by atoms with Crippen molar-refractivity contribution in [2.75, 3.05) is 38.7 Å². The molecule has 4 heterocycles. The summed E-state index contributed by atoms with van der Waals surface area (Å²) in [7, 11) is 1.59. The van der Waals surface area contributed by atoms with Gasteiger partial charge in [0.05, 0.1) is 18.8 Å². The monoisotopic (exact) mass is 551 g/mol. The molecule has 0 spiro atoms. The van der Waals surface area contributed by atoms with E-state index in [0.29, 0.717) is 30.0 Å². The number of carbonyl (C=O) groups is 2. The molecule has 198 valence electrons. The Kier molecular flexibility index (Phi) is 9.47. The number of pyridine rings is 2. The molecule has 12 heteroatoms. The molecule has 2 amide bonds. The van der Waals surface area contributed by atoms with Gasteiger partial charge in [-0.1, -0.05) is 0 Å². The standard InChI is InChI=1S/C25H26FN5O4.2ClH/c1-34-16-2-3-20-18(12-16)17(19(26)13-27-20)8-11-31-9-6-15(7-10-31)28-25(33)21-4-5-22-24(29-21)30-23(32)14-35-22;;/h2-5,12-13,15H,6-11,14H2,1H3,(H,28,33)(H,29,30,32);2*1H. The Labute approximate surface area is 225 Å². The van der Waals surface area contributed by atoms with E-state index in [0.717, 1.165) is 36.8 Å². The molecule has 0 saturated carbocycles. The average molecular weight is 552 g/mol. The Balaban J connectivity index is 0.00000190. The van der Waals surface area contributed by atoms with Gasteiger partial charge < -0.3 is 25.0 Å². The number of hydrogen-bond donors (Lipinski definition) is 2. The number of nitrogens with zero attached hydrogens (tertiary/aromatic N) is 3. The highest BCUT2D eigenvalue weighted by Gasteiger charge is 2.24. The van der Waals surface area contributed by atoms with Gasteiger partial charge in [0.2, 0.25) is 0 Å². The van der Waals surface area contributed by atoms with Gasteiger partial charge in [-0.05, 0) is 49.6 Å². The number of piperidine rings is 1. The molecule has 1 fully saturated rings. The fourth-order valence-corrected chi connectivity index (χ4v) is 4.50.